The second kappa shape index (κ2) is 7.25. The summed E-state index contributed by atoms with van der Waals surface area (Å²) in [5.41, 5.74) is 2.57. The second-order valence-electron chi connectivity index (χ2n) is 6.12. The third-order valence-electron chi connectivity index (χ3n) is 4.28. The van der Waals surface area contributed by atoms with Gasteiger partial charge in [0, 0.05) is 22.9 Å². The number of thiazole rings is 1. The van der Waals surface area contributed by atoms with Crippen molar-refractivity contribution >= 4 is 17.2 Å². The van der Waals surface area contributed by atoms with Gasteiger partial charge in [-0.15, -0.1) is 11.3 Å². The van der Waals surface area contributed by atoms with Gasteiger partial charge >= 0.3 is 0 Å². The molecule has 1 aliphatic heterocycles. The van der Waals surface area contributed by atoms with E-state index in [2.05, 4.69) is 10.3 Å². The van der Waals surface area contributed by atoms with Crippen molar-refractivity contribution in [3.05, 3.63) is 71.0 Å². The number of nitrogens with zero attached hydrogens (tertiary/aromatic N) is 1. The molecule has 0 spiro atoms. The molecular formula is C20H17FN2O2S. The van der Waals surface area contributed by atoms with Crippen LogP contribution in [0, 0.1) is 5.82 Å². The number of hydrogen-bond acceptors (Lipinski definition) is 4. The lowest BCUT2D eigenvalue weighted by Gasteiger charge is -2.26. The number of amides is 1. The number of halogens is 1. The van der Waals surface area contributed by atoms with E-state index < -0.39 is 0 Å². The van der Waals surface area contributed by atoms with Crippen LogP contribution in [0.15, 0.2) is 53.9 Å². The fourth-order valence-electron chi connectivity index (χ4n) is 3.02. The van der Waals surface area contributed by atoms with Crippen molar-refractivity contribution in [2.75, 3.05) is 6.61 Å². The highest BCUT2D eigenvalue weighted by Crippen LogP contribution is 2.31. The second-order valence-corrected chi connectivity index (χ2v) is 6.98. The molecule has 4 rings (SSSR count). The molecule has 1 amide bonds. The number of fused-ring (bicyclic) bond motifs is 1. The van der Waals surface area contributed by atoms with E-state index >= 15 is 0 Å². The summed E-state index contributed by atoms with van der Waals surface area (Å²) in [4.78, 5) is 16.9. The minimum absolute atomic E-state index is 0.0392. The minimum Gasteiger partial charge on any atom is -0.493 e. The van der Waals surface area contributed by atoms with E-state index in [1.807, 2.05) is 29.6 Å². The fraction of sp³-hybridized carbons (Fsp3) is 0.200. The van der Waals surface area contributed by atoms with Crippen LogP contribution in [0.5, 0.6) is 5.75 Å². The molecule has 3 aromatic rings. The highest BCUT2D eigenvalue weighted by molar-refractivity contribution is 7.13. The Labute approximate surface area is 154 Å². The van der Waals surface area contributed by atoms with Crippen LogP contribution in [-0.4, -0.2) is 17.5 Å². The zero-order valence-electron chi connectivity index (χ0n) is 13.9. The highest BCUT2D eigenvalue weighted by atomic mass is 32.1. The molecule has 1 aromatic heterocycles. The van der Waals surface area contributed by atoms with Crippen LogP contribution in [0.3, 0.4) is 0 Å². The van der Waals surface area contributed by atoms with Crippen LogP contribution in [0.25, 0.3) is 10.6 Å². The number of hydrogen-bond donors (Lipinski definition) is 1. The molecule has 26 heavy (non-hydrogen) atoms. The average Bonchev–Trinajstić information content (AvgIpc) is 3.11. The Morgan fingerprint density at radius 2 is 2.04 bits per heavy atom. The van der Waals surface area contributed by atoms with Gasteiger partial charge in [0.1, 0.15) is 16.6 Å². The monoisotopic (exact) mass is 368 g/mol. The van der Waals surface area contributed by atoms with Crippen LogP contribution in [-0.2, 0) is 11.2 Å². The van der Waals surface area contributed by atoms with E-state index in [4.69, 9.17) is 4.74 Å². The molecule has 0 aliphatic carbocycles. The number of carbonyl (C=O) groups is 1. The predicted molar refractivity (Wildman–Crippen MR) is 98.6 cm³/mol. The van der Waals surface area contributed by atoms with Crippen molar-refractivity contribution < 1.29 is 13.9 Å². The van der Waals surface area contributed by atoms with Gasteiger partial charge in [-0.2, -0.15) is 0 Å². The van der Waals surface area contributed by atoms with Gasteiger partial charge in [-0.3, -0.25) is 4.79 Å². The van der Waals surface area contributed by atoms with Crippen molar-refractivity contribution in [3.8, 4) is 16.3 Å². The standard InChI is InChI=1S/C20H17FN2O2S/c21-14-7-5-13(6-8-14)20-22-15(12-26-20)11-19(24)23-17-9-10-25-18-4-2-1-3-16(17)18/h1-8,12,17H,9-11H2,(H,23,24)/t17-/m0/s1. The van der Waals surface area contributed by atoms with Gasteiger partial charge < -0.3 is 10.1 Å². The first kappa shape index (κ1) is 16.7. The predicted octanol–water partition coefficient (Wildman–Crippen LogP) is 4.13. The van der Waals surface area contributed by atoms with Gasteiger partial charge in [-0.05, 0) is 30.3 Å². The third-order valence-corrected chi connectivity index (χ3v) is 5.22. The molecule has 0 saturated carbocycles. The summed E-state index contributed by atoms with van der Waals surface area (Å²) in [5.74, 6) is 0.487. The number of rotatable bonds is 4. The summed E-state index contributed by atoms with van der Waals surface area (Å²) in [7, 11) is 0. The molecule has 1 N–H and O–H groups in total. The first-order chi connectivity index (χ1) is 12.7. The Hall–Kier alpha value is -2.73. The Balaban J connectivity index is 1.42. The van der Waals surface area contributed by atoms with Crippen molar-refractivity contribution in [2.24, 2.45) is 0 Å². The van der Waals surface area contributed by atoms with Gasteiger partial charge in [0.2, 0.25) is 5.91 Å². The van der Waals surface area contributed by atoms with E-state index in [0.29, 0.717) is 12.3 Å². The normalized spacial score (nSPS) is 15.8. The molecular weight excluding hydrogens is 351 g/mol. The molecule has 0 unspecified atom stereocenters. The van der Waals surface area contributed by atoms with E-state index in [1.54, 1.807) is 12.1 Å². The summed E-state index contributed by atoms with van der Waals surface area (Å²) in [6.07, 6.45) is 0.970. The summed E-state index contributed by atoms with van der Waals surface area (Å²) < 4.78 is 18.7. The average molecular weight is 368 g/mol. The molecule has 1 atom stereocenters. The maximum atomic E-state index is 13.0. The van der Waals surface area contributed by atoms with Gasteiger partial charge in [-0.1, -0.05) is 18.2 Å². The Morgan fingerprint density at radius 1 is 1.23 bits per heavy atom. The summed E-state index contributed by atoms with van der Waals surface area (Å²) in [6.45, 7) is 0.591. The number of para-hydroxylation sites is 1. The van der Waals surface area contributed by atoms with Crippen LogP contribution in [0.4, 0.5) is 4.39 Å². The Bertz CT molecular complexity index is 924. The van der Waals surface area contributed by atoms with E-state index in [-0.39, 0.29) is 24.2 Å². The Morgan fingerprint density at radius 3 is 2.88 bits per heavy atom. The maximum Gasteiger partial charge on any atom is 0.226 e. The van der Waals surface area contributed by atoms with Crippen LogP contribution in [0.1, 0.15) is 23.7 Å². The zero-order valence-corrected chi connectivity index (χ0v) is 14.8. The number of carbonyl (C=O) groups excluding carboxylic acids is 1. The number of nitrogens with one attached hydrogen (secondary N) is 1. The Kier molecular flexibility index (Phi) is 4.67. The molecule has 0 saturated heterocycles. The van der Waals surface area contributed by atoms with Gasteiger partial charge in [0.15, 0.2) is 0 Å². The fourth-order valence-corrected chi connectivity index (χ4v) is 3.84. The summed E-state index contributed by atoms with van der Waals surface area (Å²) >= 11 is 1.45. The van der Waals surface area contributed by atoms with Gasteiger partial charge in [0.05, 0.1) is 24.8 Å². The van der Waals surface area contributed by atoms with Gasteiger partial charge in [-0.25, -0.2) is 9.37 Å². The van der Waals surface area contributed by atoms with Crippen LogP contribution in [0.2, 0.25) is 0 Å². The maximum absolute atomic E-state index is 13.0. The van der Waals surface area contributed by atoms with Crippen molar-refractivity contribution in [2.45, 2.75) is 18.9 Å². The van der Waals surface area contributed by atoms with E-state index in [9.17, 15) is 9.18 Å². The topological polar surface area (TPSA) is 51.2 Å². The molecule has 4 nitrogen and oxygen atoms in total. The first-order valence-electron chi connectivity index (χ1n) is 8.40. The lowest BCUT2D eigenvalue weighted by Crippen LogP contribution is -2.33. The molecule has 132 valence electrons. The molecule has 0 bridgehead atoms. The highest BCUT2D eigenvalue weighted by Gasteiger charge is 2.22. The first-order valence-corrected chi connectivity index (χ1v) is 9.28. The molecule has 2 aromatic carbocycles. The summed E-state index contributed by atoms with van der Waals surface area (Å²) in [5, 5.41) is 5.73. The van der Waals surface area contributed by atoms with Crippen molar-refractivity contribution in [1.82, 2.24) is 10.3 Å². The third kappa shape index (κ3) is 3.60. The number of benzene rings is 2. The van der Waals surface area contributed by atoms with E-state index in [0.717, 1.165) is 28.3 Å². The summed E-state index contributed by atoms with van der Waals surface area (Å²) in [6, 6.07) is 13.9. The van der Waals surface area contributed by atoms with Crippen molar-refractivity contribution in [3.63, 3.8) is 0 Å². The molecule has 0 radical (unpaired) electrons. The number of ether oxygens (including phenoxy) is 1. The lowest BCUT2D eigenvalue weighted by atomic mass is 10.0. The molecule has 2 heterocycles. The molecule has 0 fully saturated rings. The zero-order chi connectivity index (χ0) is 17.9. The van der Waals surface area contributed by atoms with Crippen molar-refractivity contribution in [1.29, 1.82) is 0 Å². The quantitative estimate of drug-likeness (QED) is 0.753. The lowest BCUT2D eigenvalue weighted by molar-refractivity contribution is -0.121. The molecule has 1 aliphatic rings. The van der Waals surface area contributed by atoms with Gasteiger partial charge in [0.25, 0.3) is 0 Å². The smallest absolute Gasteiger partial charge is 0.226 e. The number of aromatic nitrogens is 1. The largest absolute Gasteiger partial charge is 0.493 e. The minimum atomic E-state index is -0.276. The van der Waals surface area contributed by atoms with E-state index in [1.165, 1.54) is 23.5 Å². The van der Waals surface area contributed by atoms with Crippen LogP contribution >= 0.6 is 11.3 Å². The molecule has 6 heteroatoms. The van der Waals surface area contributed by atoms with Crippen LogP contribution < -0.4 is 10.1 Å². The SMILES string of the molecule is O=C(Cc1csc(-c2ccc(F)cc2)n1)N[C@H]1CCOc2ccccc21.